The molecule has 1 fully saturated rings. The summed E-state index contributed by atoms with van der Waals surface area (Å²) in [6.45, 7) is 2.17. The van der Waals surface area contributed by atoms with Crippen molar-refractivity contribution >= 4 is 5.97 Å². The van der Waals surface area contributed by atoms with Crippen LogP contribution >= 0.6 is 0 Å². The molecule has 2 atom stereocenters. The van der Waals surface area contributed by atoms with Crippen LogP contribution in [-0.2, 0) is 9.53 Å². The van der Waals surface area contributed by atoms with Crippen LogP contribution in [0.1, 0.15) is 39.0 Å². The maximum absolute atomic E-state index is 11.2. The summed E-state index contributed by atoms with van der Waals surface area (Å²) in [6, 6.07) is 0. The van der Waals surface area contributed by atoms with Crippen molar-refractivity contribution in [3.8, 4) is 0 Å². The average molecular weight is 180 g/mol. The average Bonchev–Trinajstić information content (AvgIpc) is 2.41. The van der Waals surface area contributed by atoms with Crippen LogP contribution in [0.5, 0.6) is 0 Å². The van der Waals surface area contributed by atoms with Gasteiger partial charge in [0, 0.05) is 5.41 Å². The van der Waals surface area contributed by atoms with Crippen molar-refractivity contribution in [3.63, 3.8) is 0 Å². The zero-order valence-corrected chi connectivity index (χ0v) is 8.08. The number of esters is 1. The summed E-state index contributed by atoms with van der Waals surface area (Å²) in [6.07, 6.45) is 9.40. The lowest BCUT2D eigenvalue weighted by Gasteiger charge is -2.33. The van der Waals surface area contributed by atoms with Gasteiger partial charge in [0.2, 0.25) is 0 Å². The second-order valence-corrected chi connectivity index (χ2v) is 4.17. The Labute approximate surface area is 79.0 Å². The minimum atomic E-state index is -0.00926. The van der Waals surface area contributed by atoms with Gasteiger partial charge in [-0.25, -0.2) is 0 Å². The first kappa shape index (κ1) is 8.79. The number of allylic oxidation sites excluding steroid dienone is 1. The lowest BCUT2D eigenvalue weighted by Crippen LogP contribution is -2.31. The first-order chi connectivity index (χ1) is 6.27. The van der Waals surface area contributed by atoms with E-state index in [0.717, 1.165) is 25.7 Å². The van der Waals surface area contributed by atoms with Crippen LogP contribution in [0.4, 0.5) is 0 Å². The predicted molar refractivity (Wildman–Crippen MR) is 50.2 cm³/mol. The molecule has 0 radical (unpaired) electrons. The van der Waals surface area contributed by atoms with Crippen LogP contribution in [0.25, 0.3) is 0 Å². The fourth-order valence-electron chi connectivity index (χ4n) is 2.61. The zero-order chi connectivity index (χ0) is 9.31. The number of hydrogen-bond donors (Lipinski definition) is 0. The molecule has 0 bridgehead atoms. The Bertz CT molecular complexity index is 244. The summed E-state index contributed by atoms with van der Waals surface area (Å²) in [5.41, 5.74) is 0.153. The largest absolute Gasteiger partial charge is 0.457 e. The van der Waals surface area contributed by atoms with Gasteiger partial charge in [-0.15, -0.1) is 0 Å². The lowest BCUT2D eigenvalue weighted by molar-refractivity contribution is -0.140. The van der Waals surface area contributed by atoms with Gasteiger partial charge in [0.15, 0.2) is 0 Å². The van der Waals surface area contributed by atoms with Gasteiger partial charge in [-0.1, -0.05) is 19.4 Å². The number of rotatable bonds is 2. The fraction of sp³-hybridized carbons (Fsp3) is 0.727. The van der Waals surface area contributed by atoms with E-state index >= 15 is 0 Å². The van der Waals surface area contributed by atoms with E-state index in [1.807, 2.05) is 0 Å². The number of ether oxygens (including phenoxy) is 1. The van der Waals surface area contributed by atoms with Gasteiger partial charge in [-0.2, -0.15) is 0 Å². The summed E-state index contributed by atoms with van der Waals surface area (Å²) in [5.74, 6) is -0.00926. The maximum Gasteiger partial charge on any atom is 0.307 e. The highest BCUT2D eigenvalue weighted by Gasteiger charge is 2.47. The van der Waals surface area contributed by atoms with E-state index in [1.54, 1.807) is 0 Å². The third-order valence-electron chi connectivity index (χ3n) is 3.23. The molecule has 2 nitrogen and oxygen atoms in total. The molecule has 0 N–H and O–H groups in total. The monoisotopic (exact) mass is 180 g/mol. The molecule has 1 heterocycles. The van der Waals surface area contributed by atoms with Crippen LogP contribution in [0, 0.1) is 5.41 Å². The first-order valence-electron chi connectivity index (χ1n) is 5.13. The summed E-state index contributed by atoms with van der Waals surface area (Å²) >= 11 is 0. The van der Waals surface area contributed by atoms with Crippen LogP contribution in [0.3, 0.4) is 0 Å². The highest BCUT2D eigenvalue weighted by molar-refractivity contribution is 5.73. The Morgan fingerprint density at radius 2 is 2.54 bits per heavy atom. The van der Waals surface area contributed by atoms with E-state index in [9.17, 15) is 4.79 Å². The second-order valence-electron chi connectivity index (χ2n) is 4.17. The number of carbonyl (C=O) groups excluding carboxylic acids is 1. The molecular weight excluding hydrogens is 164 g/mol. The maximum atomic E-state index is 11.2. The van der Waals surface area contributed by atoms with E-state index in [-0.39, 0.29) is 17.5 Å². The highest BCUT2D eigenvalue weighted by Crippen LogP contribution is 2.46. The van der Waals surface area contributed by atoms with Crippen molar-refractivity contribution in [2.24, 2.45) is 5.41 Å². The van der Waals surface area contributed by atoms with Crippen molar-refractivity contribution in [1.29, 1.82) is 0 Å². The quantitative estimate of drug-likeness (QED) is 0.482. The Balaban J connectivity index is 2.21. The van der Waals surface area contributed by atoms with E-state index in [1.165, 1.54) is 0 Å². The van der Waals surface area contributed by atoms with Gasteiger partial charge >= 0.3 is 5.97 Å². The van der Waals surface area contributed by atoms with Crippen LogP contribution in [0.15, 0.2) is 12.2 Å². The number of hydrogen-bond acceptors (Lipinski definition) is 2. The van der Waals surface area contributed by atoms with Gasteiger partial charge in [0.05, 0.1) is 6.42 Å². The van der Waals surface area contributed by atoms with E-state index in [0.29, 0.717) is 6.42 Å². The molecular formula is C11H16O2. The molecule has 0 aromatic rings. The van der Waals surface area contributed by atoms with Crippen molar-refractivity contribution < 1.29 is 9.53 Å². The molecule has 2 rings (SSSR count). The molecule has 0 aromatic carbocycles. The van der Waals surface area contributed by atoms with Gasteiger partial charge in [0.25, 0.3) is 0 Å². The molecule has 2 heteroatoms. The Kier molecular flexibility index (Phi) is 2.14. The van der Waals surface area contributed by atoms with E-state index < -0.39 is 0 Å². The Morgan fingerprint density at radius 1 is 1.69 bits per heavy atom. The fourth-order valence-corrected chi connectivity index (χ4v) is 2.61. The standard InChI is InChI=1S/C11H16O2/c1-2-6-11-7-4-3-5-9(11)13-10(12)8-11/h3,5,9H,2,4,6-8H2,1H3/t9-,11-/m0/s1. The highest BCUT2D eigenvalue weighted by atomic mass is 16.6. The van der Waals surface area contributed by atoms with E-state index in [4.69, 9.17) is 4.74 Å². The Morgan fingerprint density at radius 3 is 3.31 bits per heavy atom. The molecule has 72 valence electrons. The smallest absolute Gasteiger partial charge is 0.307 e. The summed E-state index contributed by atoms with van der Waals surface area (Å²) < 4.78 is 5.30. The summed E-state index contributed by atoms with van der Waals surface area (Å²) in [4.78, 5) is 11.2. The van der Waals surface area contributed by atoms with Gasteiger partial charge in [0.1, 0.15) is 6.10 Å². The van der Waals surface area contributed by atoms with Crippen LogP contribution < -0.4 is 0 Å². The van der Waals surface area contributed by atoms with Crippen molar-refractivity contribution in [2.75, 3.05) is 0 Å². The zero-order valence-electron chi connectivity index (χ0n) is 8.08. The predicted octanol–water partition coefficient (Wildman–Crippen LogP) is 2.44. The number of carbonyl (C=O) groups is 1. The SMILES string of the molecule is CCC[C@@]12CCC=C[C@@H]1OC(=O)C2. The van der Waals surface area contributed by atoms with Gasteiger partial charge in [-0.3, -0.25) is 4.79 Å². The summed E-state index contributed by atoms with van der Waals surface area (Å²) in [5, 5.41) is 0. The molecule has 0 saturated carbocycles. The molecule has 0 unspecified atom stereocenters. The van der Waals surface area contributed by atoms with E-state index in [2.05, 4.69) is 19.1 Å². The third kappa shape index (κ3) is 1.38. The molecule has 1 aliphatic heterocycles. The van der Waals surface area contributed by atoms with Crippen molar-refractivity contribution in [1.82, 2.24) is 0 Å². The summed E-state index contributed by atoms with van der Waals surface area (Å²) in [7, 11) is 0. The van der Waals surface area contributed by atoms with Gasteiger partial charge in [-0.05, 0) is 25.3 Å². The second kappa shape index (κ2) is 3.17. The molecule has 13 heavy (non-hydrogen) atoms. The third-order valence-corrected chi connectivity index (χ3v) is 3.23. The minimum Gasteiger partial charge on any atom is -0.457 e. The normalized spacial score (nSPS) is 37.3. The Hall–Kier alpha value is -0.790. The van der Waals surface area contributed by atoms with Crippen molar-refractivity contribution in [2.45, 2.75) is 45.1 Å². The lowest BCUT2D eigenvalue weighted by atomic mass is 9.71. The molecule has 2 aliphatic rings. The molecule has 0 amide bonds. The molecule has 1 saturated heterocycles. The first-order valence-corrected chi connectivity index (χ1v) is 5.13. The molecule has 0 aromatic heterocycles. The van der Waals surface area contributed by atoms with Crippen LogP contribution in [-0.4, -0.2) is 12.1 Å². The van der Waals surface area contributed by atoms with Crippen LogP contribution in [0.2, 0.25) is 0 Å². The number of fused-ring (bicyclic) bond motifs is 1. The van der Waals surface area contributed by atoms with Crippen molar-refractivity contribution in [3.05, 3.63) is 12.2 Å². The molecule has 1 aliphatic carbocycles. The topological polar surface area (TPSA) is 26.3 Å². The molecule has 0 spiro atoms. The van der Waals surface area contributed by atoms with Gasteiger partial charge < -0.3 is 4.74 Å². The minimum absolute atomic E-state index is 0.00926.